The number of nitrogen functional groups attached to an aromatic ring is 1. The summed E-state index contributed by atoms with van der Waals surface area (Å²) in [6.45, 7) is 10.9. The Bertz CT molecular complexity index is 589. The molecule has 0 amide bonds. The number of hydrogen-bond acceptors (Lipinski definition) is 3. The minimum atomic E-state index is -0.0414. The fourth-order valence-electron chi connectivity index (χ4n) is 3.89. The molecule has 2 aliphatic carbocycles. The van der Waals surface area contributed by atoms with E-state index in [0.717, 1.165) is 35.8 Å². The minimum Gasteiger partial charge on any atom is -0.399 e. The average molecular weight is 300 g/mol. The number of anilines is 1. The highest BCUT2D eigenvalue weighted by Gasteiger charge is 2.47. The zero-order valence-corrected chi connectivity index (χ0v) is 14.2. The molecule has 120 valence electrons. The molecule has 1 saturated carbocycles. The number of hydrogen-bond donors (Lipinski definition) is 1. The lowest BCUT2D eigenvalue weighted by molar-refractivity contribution is 0.0595. The second-order valence-electron chi connectivity index (χ2n) is 7.66. The van der Waals surface area contributed by atoms with Crippen LogP contribution in [0.4, 0.5) is 5.69 Å². The monoisotopic (exact) mass is 300 g/mol. The van der Waals surface area contributed by atoms with Gasteiger partial charge in [0.2, 0.25) is 0 Å². The first-order chi connectivity index (χ1) is 10.4. The third kappa shape index (κ3) is 2.45. The summed E-state index contributed by atoms with van der Waals surface area (Å²) in [4.78, 5) is 15.6. The largest absolute Gasteiger partial charge is 0.399 e. The van der Waals surface area contributed by atoms with Crippen LogP contribution in [-0.2, 0) is 5.41 Å². The van der Waals surface area contributed by atoms with E-state index in [1.54, 1.807) is 0 Å². The van der Waals surface area contributed by atoms with Crippen LogP contribution in [-0.4, -0.2) is 29.8 Å². The molecule has 0 aliphatic heterocycles. The molecule has 2 atom stereocenters. The highest BCUT2D eigenvalue weighted by molar-refractivity contribution is 6.03. The number of carbonyl (C=O) groups is 1. The van der Waals surface area contributed by atoms with Crippen molar-refractivity contribution in [2.45, 2.75) is 52.0 Å². The Balaban J connectivity index is 2.02. The van der Waals surface area contributed by atoms with Crippen LogP contribution >= 0.6 is 0 Å². The van der Waals surface area contributed by atoms with Gasteiger partial charge in [-0.05, 0) is 60.4 Å². The Kier molecular flexibility index (Phi) is 3.80. The summed E-state index contributed by atoms with van der Waals surface area (Å²) < 4.78 is 0. The minimum absolute atomic E-state index is 0.00303. The van der Waals surface area contributed by atoms with E-state index >= 15 is 0 Å². The molecule has 1 aromatic carbocycles. The van der Waals surface area contributed by atoms with Crippen LogP contribution in [0.25, 0.3) is 0 Å². The van der Waals surface area contributed by atoms with Gasteiger partial charge >= 0.3 is 0 Å². The Hall–Kier alpha value is -1.35. The van der Waals surface area contributed by atoms with E-state index in [-0.39, 0.29) is 23.2 Å². The number of nitrogens with two attached hydrogens (primary N) is 1. The number of Topliss-reactive ketones (excluding diaryl/α,β-unsaturated/α-hetero) is 1. The van der Waals surface area contributed by atoms with E-state index in [4.69, 9.17) is 5.73 Å². The predicted octanol–water partition coefficient (Wildman–Crippen LogP) is 3.48. The van der Waals surface area contributed by atoms with Gasteiger partial charge in [-0.2, -0.15) is 0 Å². The molecule has 2 N–H and O–H groups in total. The number of likely N-dealkylation sites (N-methyl/N-ethyl adjacent to an activating group) is 1. The molecule has 1 unspecified atom stereocenters. The van der Waals surface area contributed by atoms with Crippen molar-refractivity contribution >= 4 is 11.5 Å². The van der Waals surface area contributed by atoms with Gasteiger partial charge in [-0.3, -0.25) is 9.69 Å². The molecule has 3 rings (SSSR count). The number of fused-ring (bicyclic) bond motifs is 1. The van der Waals surface area contributed by atoms with Gasteiger partial charge in [0.05, 0.1) is 6.04 Å². The summed E-state index contributed by atoms with van der Waals surface area (Å²) in [6.07, 6.45) is 2.64. The van der Waals surface area contributed by atoms with Crippen LogP contribution < -0.4 is 5.73 Å². The summed E-state index contributed by atoms with van der Waals surface area (Å²) in [7, 11) is 0. The van der Waals surface area contributed by atoms with Crippen molar-refractivity contribution in [3.63, 3.8) is 0 Å². The highest BCUT2D eigenvalue weighted by Crippen LogP contribution is 2.44. The molecule has 2 aliphatic rings. The van der Waals surface area contributed by atoms with E-state index in [1.165, 1.54) is 12.8 Å². The summed E-state index contributed by atoms with van der Waals surface area (Å²) >= 11 is 0. The van der Waals surface area contributed by atoms with Crippen molar-refractivity contribution in [3.05, 3.63) is 29.3 Å². The van der Waals surface area contributed by atoms with Crippen molar-refractivity contribution in [3.8, 4) is 0 Å². The predicted molar refractivity (Wildman–Crippen MR) is 91.1 cm³/mol. The molecular weight excluding hydrogens is 272 g/mol. The van der Waals surface area contributed by atoms with Gasteiger partial charge in [0.25, 0.3) is 0 Å². The Labute approximate surface area is 133 Å². The fourth-order valence-corrected chi connectivity index (χ4v) is 3.89. The van der Waals surface area contributed by atoms with E-state index in [2.05, 4.69) is 32.6 Å². The van der Waals surface area contributed by atoms with Gasteiger partial charge in [-0.1, -0.05) is 27.7 Å². The van der Waals surface area contributed by atoms with E-state index in [0.29, 0.717) is 0 Å². The van der Waals surface area contributed by atoms with Crippen LogP contribution in [0.15, 0.2) is 18.2 Å². The van der Waals surface area contributed by atoms with Gasteiger partial charge in [0.1, 0.15) is 0 Å². The molecular formula is C19H28N2O. The van der Waals surface area contributed by atoms with Crippen LogP contribution in [0.2, 0.25) is 0 Å². The van der Waals surface area contributed by atoms with E-state index in [9.17, 15) is 4.79 Å². The first kappa shape index (κ1) is 15.5. The summed E-state index contributed by atoms with van der Waals surface area (Å²) in [5.74, 6) is 1.37. The van der Waals surface area contributed by atoms with Gasteiger partial charge in [-0.15, -0.1) is 0 Å². The van der Waals surface area contributed by atoms with Crippen molar-refractivity contribution in [2.75, 3.05) is 18.8 Å². The first-order valence-electron chi connectivity index (χ1n) is 8.54. The number of nitrogens with zero attached hydrogens (tertiary/aromatic N) is 1. The third-order valence-corrected chi connectivity index (χ3v) is 5.87. The van der Waals surface area contributed by atoms with Gasteiger partial charge < -0.3 is 5.73 Å². The molecule has 0 radical (unpaired) electrons. The zero-order valence-electron chi connectivity index (χ0n) is 14.2. The van der Waals surface area contributed by atoms with Crippen molar-refractivity contribution in [1.82, 2.24) is 4.90 Å². The van der Waals surface area contributed by atoms with Crippen LogP contribution in [0.1, 0.15) is 56.5 Å². The number of carbonyl (C=O) groups excluding carboxylic acids is 1. The average Bonchev–Trinajstić information content (AvgIpc) is 3.28. The van der Waals surface area contributed by atoms with Crippen LogP contribution in [0.5, 0.6) is 0 Å². The van der Waals surface area contributed by atoms with Crippen molar-refractivity contribution in [2.24, 2.45) is 11.8 Å². The Morgan fingerprint density at radius 2 is 2.00 bits per heavy atom. The van der Waals surface area contributed by atoms with Gasteiger partial charge in [-0.25, -0.2) is 0 Å². The van der Waals surface area contributed by atoms with Crippen LogP contribution in [0, 0.1) is 11.8 Å². The Morgan fingerprint density at radius 1 is 1.32 bits per heavy atom. The molecule has 0 saturated heterocycles. The lowest BCUT2D eigenvalue weighted by Crippen LogP contribution is -2.55. The smallest absolute Gasteiger partial charge is 0.180 e. The molecule has 3 nitrogen and oxygen atoms in total. The molecule has 1 aromatic rings. The van der Waals surface area contributed by atoms with E-state index < -0.39 is 0 Å². The standard InChI is InChI=1S/C19H28N2O/c1-5-21(11-13-6-7-13)17-12(2)19(3,4)16-10-14(20)8-9-15(16)18(17)22/h8-10,12-13,17H,5-7,11,20H2,1-4H3/t12-,17?/m0/s1. The zero-order chi connectivity index (χ0) is 16.1. The molecule has 0 bridgehead atoms. The SMILES string of the molecule is CCN(CC1CC1)C1C(=O)c2ccc(N)cc2C(C)(C)[C@H]1C. The van der Waals surface area contributed by atoms with Crippen molar-refractivity contribution in [1.29, 1.82) is 0 Å². The second-order valence-corrected chi connectivity index (χ2v) is 7.66. The fraction of sp³-hybridized carbons (Fsp3) is 0.632. The molecule has 0 heterocycles. The lowest BCUT2D eigenvalue weighted by Gasteiger charge is -2.46. The number of rotatable bonds is 4. The third-order valence-electron chi connectivity index (χ3n) is 5.87. The first-order valence-corrected chi connectivity index (χ1v) is 8.54. The molecule has 3 heteroatoms. The van der Waals surface area contributed by atoms with E-state index in [1.807, 2.05) is 18.2 Å². The summed E-state index contributed by atoms with van der Waals surface area (Å²) in [5.41, 5.74) is 8.66. The van der Waals surface area contributed by atoms with Crippen molar-refractivity contribution < 1.29 is 4.79 Å². The second kappa shape index (κ2) is 5.38. The lowest BCUT2D eigenvalue weighted by atomic mass is 9.63. The summed E-state index contributed by atoms with van der Waals surface area (Å²) in [5, 5.41) is 0. The van der Waals surface area contributed by atoms with Gasteiger partial charge in [0, 0.05) is 17.8 Å². The van der Waals surface area contributed by atoms with Gasteiger partial charge in [0.15, 0.2) is 5.78 Å². The molecule has 1 fully saturated rings. The quantitative estimate of drug-likeness (QED) is 0.866. The topological polar surface area (TPSA) is 46.3 Å². The van der Waals surface area contributed by atoms with Crippen LogP contribution in [0.3, 0.4) is 0 Å². The number of ketones is 1. The normalized spacial score (nSPS) is 27.0. The maximum absolute atomic E-state index is 13.1. The molecule has 0 spiro atoms. The molecule has 22 heavy (non-hydrogen) atoms. The number of benzene rings is 1. The maximum atomic E-state index is 13.1. The maximum Gasteiger partial charge on any atom is 0.180 e. The summed E-state index contributed by atoms with van der Waals surface area (Å²) in [6, 6.07) is 5.78. The Morgan fingerprint density at radius 3 is 2.59 bits per heavy atom. The highest BCUT2D eigenvalue weighted by atomic mass is 16.1. The molecule has 0 aromatic heterocycles.